The van der Waals surface area contributed by atoms with E-state index in [2.05, 4.69) is 0 Å². The van der Waals surface area contributed by atoms with Gasteiger partial charge in [-0.1, -0.05) is 36.4 Å². The van der Waals surface area contributed by atoms with Crippen molar-refractivity contribution in [2.45, 2.75) is 0 Å². The van der Waals surface area contributed by atoms with Crippen molar-refractivity contribution < 1.29 is 14.0 Å². The van der Waals surface area contributed by atoms with Crippen LogP contribution in [0.25, 0.3) is 24.3 Å². The standard InChI is InChI=1S/C24H25N2O3/c1-25-20(13-11-18-7-5-9-22(15-18)28-3)17-21(26(2)24(25)27)14-12-19-8-6-10-23(16-19)29-4/h5-17H,1-4H3/q+1/b13-11+,14-12+. The molecule has 0 atom stereocenters. The highest BCUT2D eigenvalue weighted by atomic mass is 16.5. The predicted molar refractivity (Wildman–Crippen MR) is 117 cm³/mol. The summed E-state index contributed by atoms with van der Waals surface area (Å²) in [6, 6.07) is 17.5. The average Bonchev–Trinajstić information content (AvgIpc) is 2.76. The van der Waals surface area contributed by atoms with Crippen LogP contribution in [0.4, 0.5) is 0 Å². The van der Waals surface area contributed by atoms with Crippen molar-refractivity contribution in [3.63, 3.8) is 0 Å². The summed E-state index contributed by atoms with van der Waals surface area (Å²) in [5.74, 6) is 1.59. The fourth-order valence-electron chi connectivity index (χ4n) is 2.96. The molecule has 0 radical (unpaired) electrons. The van der Waals surface area contributed by atoms with Crippen molar-refractivity contribution in [1.29, 1.82) is 0 Å². The first-order valence-corrected chi connectivity index (χ1v) is 9.26. The summed E-state index contributed by atoms with van der Waals surface area (Å²) in [6.07, 6.45) is 7.79. The molecule has 1 aromatic heterocycles. The maximum Gasteiger partial charge on any atom is 0.498 e. The molecule has 5 nitrogen and oxygen atoms in total. The number of rotatable bonds is 6. The molecular weight excluding hydrogens is 364 g/mol. The summed E-state index contributed by atoms with van der Waals surface area (Å²) in [7, 11) is 6.82. The molecule has 0 aliphatic rings. The zero-order valence-electron chi connectivity index (χ0n) is 17.1. The molecule has 148 valence electrons. The summed E-state index contributed by atoms with van der Waals surface area (Å²) in [6.45, 7) is 0. The number of benzene rings is 2. The Bertz CT molecular complexity index is 1040. The van der Waals surface area contributed by atoms with Gasteiger partial charge in [-0.2, -0.15) is 13.9 Å². The normalized spacial score (nSPS) is 11.3. The molecule has 0 N–H and O–H groups in total. The largest absolute Gasteiger partial charge is 0.498 e. The Morgan fingerprint density at radius 1 is 0.828 bits per heavy atom. The molecule has 0 spiro atoms. The molecule has 29 heavy (non-hydrogen) atoms. The van der Waals surface area contributed by atoms with Crippen LogP contribution in [0.3, 0.4) is 0 Å². The van der Waals surface area contributed by atoms with Crippen LogP contribution < -0.4 is 19.7 Å². The van der Waals surface area contributed by atoms with E-state index in [-0.39, 0.29) is 5.69 Å². The second kappa shape index (κ2) is 9.06. The van der Waals surface area contributed by atoms with E-state index in [1.54, 1.807) is 37.4 Å². The molecule has 1 heterocycles. The quantitative estimate of drug-likeness (QED) is 0.606. The lowest BCUT2D eigenvalue weighted by atomic mass is 10.1. The molecule has 0 saturated carbocycles. The van der Waals surface area contributed by atoms with E-state index in [1.807, 2.05) is 78.9 Å². The van der Waals surface area contributed by atoms with Crippen molar-refractivity contribution >= 4 is 24.3 Å². The van der Waals surface area contributed by atoms with Crippen LogP contribution in [-0.4, -0.2) is 18.8 Å². The lowest BCUT2D eigenvalue weighted by Crippen LogP contribution is -2.53. The Morgan fingerprint density at radius 2 is 1.38 bits per heavy atom. The number of hydrogen-bond acceptors (Lipinski definition) is 3. The van der Waals surface area contributed by atoms with E-state index in [0.29, 0.717) is 0 Å². The molecule has 5 heteroatoms. The fraction of sp³-hybridized carbons (Fsp3) is 0.167. The topological polar surface area (TPSA) is 44.3 Å². The van der Waals surface area contributed by atoms with Crippen molar-refractivity contribution in [3.8, 4) is 11.5 Å². The van der Waals surface area contributed by atoms with E-state index < -0.39 is 0 Å². The first-order chi connectivity index (χ1) is 14.0. The molecule has 0 amide bonds. The molecule has 0 aliphatic carbocycles. The van der Waals surface area contributed by atoms with Gasteiger partial charge in [0.2, 0.25) is 0 Å². The third-order valence-electron chi connectivity index (χ3n) is 4.72. The van der Waals surface area contributed by atoms with Gasteiger partial charge in [0.15, 0.2) is 0 Å². The Morgan fingerprint density at radius 3 is 1.93 bits per heavy atom. The molecule has 0 fully saturated rings. The number of nitrogens with zero attached hydrogens (tertiary/aromatic N) is 2. The van der Waals surface area contributed by atoms with E-state index >= 15 is 0 Å². The average molecular weight is 389 g/mol. The Kier molecular flexibility index (Phi) is 6.29. The maximum atomic E-state index is 12.7. The van der Waals surface area contributed by atoms with Gasteiger partial charge in [0.1, 0.15) is 22.9 Å². The smallest absolute Gasteiger partial charge is 0.497 e. The summed E-state index contributed by atoms with van der Waals surface area (Å²) >= 11 is 0. The minimum atomic E-state index is -0.0944. The van der Waals surface area contributed by atoms with Crippen LogP contribution in [0.1, 0.15) is 22.5 Å². The third-order valence-corrected chi connectivity index (χ3v) is 4.72. The van der Waals surface area contributed by atoms with Crippen LogP contribution in [-0.2, 0) is 14.1 Å². The van der Waals surface area contributed by atoms with Gasteiger partial charge in [-0.05, 0) is 47.5 Å². The highest BCUT2D eigenvalue weighted by Gasteiger charge is 2.13. The van der Waals surface area contributed by atoms with Gasteiger partial charge < -0.3 is 9.47 Å². The second-order valence-electron chi connectivity index (χ2n) is 6.61. The zero-order chi connectivity index (χ0) is 20.8. The van der Waals surface area contributed by atoms with Crippen LogP contribution in [0, 0.1) is 0 Å². The first kappa shape index (κ1) is 20.1. The summed E-state index contributed by atoms with van der Waals surface area (Å²) in [5.41, 5.74) is 3.52. The van der Waals surface area contributed by atoms with Gasteiger partial charge in [-0.15, -0.1) is 0 Å². The number of hydrogen-bond donors (Lipinski definition) is 0. The van der Waals surface area contributed by atoms with Crippen molar-refractivity contribution in [3.05, 3.63) is 87.6 Å². The molecule has 0 unspecified atom stereocenters. The molecule has 3 aromatic rings. The predicted octanol–water partition coefficient (Wildman–Crippen LogP) is 3.57. The van der Waals surface area contributed by atoms with Gasteiger partial charge in [0.05, 0.1) is 28.3 Å². The number of methoxy groups -OCH3 is 2. The molecule has 2 aromatic carbocycles. The first-order valence-electron chi connectivity index (χ1n) is 9.26. The number of aromatic nitrogens is 2. The van der Waals surface area contributed by atoms with Crippen molar-refractivity contribution in [2.75, 3.05) is 14.2 Å². The SMILES string of the molecule is COc1cccc(/C=C/c2cc(/C=C/c3cccc(OC)c3)[n+](C)c(=O)n2C)c1. The van der Waals surface area contributed by atoms with Crippen LogP contribution in [0.15, 0.2) is 59.4 Å². The summed E-state index contributed by atoms with van der Waals surface area (Å²) in [4.78, 5) is 12.7. The van der Waals surface area contributed by atoms with Crippen molar-refractivity contribution in [2.24, 2.45) is 14.1 Å². The maximum absolute atomic E-state index is 12.7. The van der Waals surface area contributed by atoms with Gasteiger partial charge in [0.25, 0.3) is 0 Å². The van der Waals surface area contributed by atoms with E-state index in [9.17, 15) is 4.79 Å². The van der Waals surface area contributed by atoms with Crippen LogP contribution in [0.5, 0.6) is 11.5 Å². The Balaban J connectivity index is 1.95. The minimum Gasteiger partial charge on any atom is -0.497 e. The van der Waals surface area contributed by atoms with Gasteiger partial charge in [-0.3, -0.25) is 0 Å². The van der Waals surface area contributed by atoms with E-state index in [4.69, 9.17) is 9.47 Å². The number of ether oxygens (including phenoxy) is 2. The minimum absolute atomic E-state index is 0.0944. The zero-order valence-corrected chi connectivity index (χ0v) is 17.1. The van der Waals surface area contributed by atoms with Crippen LogP contribution >= 0.6 is 0 Å². The monoisotopic (exact) mass is 389 g/mol. The molecule has 0 bridgehead atoms. The van der Waals surface area contributed by atoms with Gasteiger partial charge >= 0.3 is 5.69 Å². The van der Waals surface area contributed by atoms with Gasteiger partial charge in [0, 0.05) is 6.07 Å². The molecular formula is C24H25N2O3+. The van der Waals surface area contributed by atoms with Gasteiger partial charge in [-0.25, -0.2) is 0 Å². The second-order valence-corrected chi connectivity index (χ2v) is 6.61. The lowest BCUT2D eigenvalue weighted by molar-refractivity contribution is -0.692. The van der Waals surface area contributed by atoms with E-state index in [0.717, 1.165) is 34.0 Å². The Hall–Kier alpha value is -3.60. The fourth-order valence-corrected chi connectivity index (χ4v) is 2.96. The highest BCUT2D eigenvalue weighted by molar-refractivity contribution is 5.71. The Labute approximate surface area is 170 Å². The molecule has 0 aliphatic heterocycles. The third kappa shape index (κ3) is 4.82. The lowest BCUT2D eigenvalue weighted by Gasteiger charge is -2.04. The molecule has 3 rings (SSSR count). The van der Waals surface area contributed by atoms with Crippen LogP contribution in [0.2, 0.25) is 0 Å². The van der Waals surface area contributed by atoms with E-state index in [1.165, 1.54) is 0 Å². The highest BCUT2D eigenvalue weighted by Crippen LogP contribution is 2.16. The summed E-state index contributed by atoms with van der Waals surface area (Å²) in [5, 5.41) is 0. The summed E-state index contributed by atoms with van der Waals surface area (Å²) < 4.78 is 13.8. The molecule has 0 saturated heterocycles. The van der Waals surface area contributed by atoms with Crippen molar-refractivity contribution in [1.82, 2.24) is 4.57 Å².